The molecule has 1 rings (SSSR count). The van der Waals surface area contributed by atoms with E-state index in [1.807, 2.05) is 32.0 Å². The van der Waals surface area contributed by atoms with E-state index in [0.29, 0.717) is 12.5 Å². The lowest BCUT2D eigenvalue weighted by Crippen LogP contribution is -2.35. The first-order valence-electron chi connectivity index (χ1n) is 6.97. The van der Waals surface area contributed by atoms with E-state index in [1.165, 1.54) is 0 Å². The Labute approximate surface area is 117 Å². The topological polar surface area (TPSA) is 29.1 Å². The molecule has 0 bridgehead atoms. The summed E-state index contributed by atoms with van der Waals surface area (Å²) in [6, 6.07) is 5.84. The van der Waals surface area contributed by atoms with Crippen LogP contribution in [-0.2, 0) is 0 Å². The molecule has 0 saturated heterocycles. The Morgan fingerprint density at radius 3 is 2.53 bits per heavy atom. The zero-order valence-electron chi connectivity index (χ0n) is 12.8. The maximum atomic E-state index is 12.2. The van der Waals surface area contributed by atoms with Crippen molar-refractivity contribution in [2.75, 3.05) is 6.54 Å². The van der Waals surface area contributed by atoms with Crippen molar-refractivity contribution in [3.63, 3.8) is 0 Å². The second-order valence-corrected chi connectivity index (χ2v) is 6.05. The number of hydrogen-bond donors (Lipinski definition) is 1. The zero-order valence-corrected chi connectivity index (χ0v) is 12.8. The SMILES string of the molecule is [CH2+]C(C)(C)C(CC)CNC(=O)c1cccc(C)c1C. The molecule has 1 amide bonds. The molecule has 1 aromatic carbocycles. The zero-order chi connectivity index (χ0) is 14.6. The molecule has 1 aromatic rings. The summed E-state index contributed by atoms with van der Waals surface area (Å²) >= 11 is 0. The van der Waals surface area contributed by atoms with Crippen LogP contribution in [0.5, 0.6) is 0 Å². The number of rotatable bonds is 5. The van der Waals surface area contributed by atoms with Crippen molar-refractivity contribution in [3.8, 4) is 0 Å². The Balaban J connectivity index is 2.73. The lowest BCUT2D eigenvalue weighted by molar-refractivity contribution is 0.0936. The van der Waals surface area contributed by atoms with Crippen molar-refractivity contribution >= 4 is 5.91 Å². The summed E-state index contributed by atoms with van der Waals surface area (Å²) < 4.78 is 0. The van der Waals surface area contributed by atoms with Gasteiger partial charge in [-0.1, -0.05) is 19.1 Å². The first-order chi connectivity index (χ1) is 8.77. The van der Waals surface area contributed by atoms with Gasteiger partial charge in [-0.15, -0.1) is 0 Å². The number of amides is 1. The molecule has 1 N–H and O–H groups in total. The third-order valence-electron chi connectivity index (χ3n) is 3.96. The summed E-state index contributed by atoms with van der Waals surface area (Å²) in [5, 5.41) is 3.05. The number of hydrogen-bond acceptors (Lipinski definition) is 1. The fraction of sp³-hybridized carbons (Fsp3) is 0.529. The Morgan fingerprint density at radius 1 is 1.37 bits per heavy atom. The number of benzene rings is 1. The molecule has 2 nitrogen and oxygen atoms in total. The van der Waals surface area contributed by atoms with Gasteiger partial charge < -0.3 is 5.32 Å². The third-order valence-corrected chi connectivity index (χ3v) is 3.96. The van der Waals surface area contributed by atoms with Crippen LogP contribution in [-0.4, -0.2) is 12.5 Å². The number of nitrogens with one attached hydrogen (secondary N) is 1. The molecular formula is C17H26NO+. The van der Waals surface area contributed by atoms with Gasteiger partial charge in [-0.3, -0.25) is 4.79 Å². The Kier molecular flexibility index (Phi) is 5.04. The maximum Gasteiger partial charge on any atom is 0.251 e. The average molecular weight is 260 g/mol. The quantitative estimate of drug-likeness (QED) is 0.799. The lowest BCUT2D eigenvalue weighted by atomic mass is 9.79. The van der Waals surface area contributed by atoms with Gasteiger partial charge in [0.1, 0.15) is 5.41 Å². The van der Waals surface area contributed by atoms with Gasteiger partial charge in [0.05, 0.1) is 6.92 Å². The summed E-state index contributed by atoms with van der Waals surface area (Å²) in [6.45, 7) is 15.2. The Hall–Kier alpha value is -1.44. The number of carbonyl (C=O) groups is 1. The Bertz CT molecular complexity index is 443. The first kappa shape index (κ1) is 15.6. The third kappa shape index (κ3) is 4.02. The van der Waals surface area contributed by atoms with Crippen LogP contribution >= 0.6 is 0 Å². The van der Waals surface area contributed by atoms with E-state index in [1.54, 1.807) is 0 Å². The lowest BCUT2D eigenvalue weighted by Gasteiger charge is -2.24. The molecule has 0 spiro atoms. The van der Waals surface area contributed by atoms with Crippen LogP contribution in [0.25, 0.3) is 0 Å². The first-order valence-corrected chi connectivity index (χ1v) is 6.97. The summed E-state index contributed by atoms with van der Waals surface area (Å²) in [7, 11) is 0. The van der Waals surface area contributed by atoms with E-state index in [-0.39, 0.29) is 11.3 Å². The van der Waals surface area contributed by atoms with Gasteiger partial charge in [0.25, 0.3) is 5.91 Å². The van der Waals surface area contributed by atoms with Crippen LogP contribution < -0.4 is 5.32 Å². The van der Waals surface area contributed by atoms with E-state index in [9.17, 15) is 4.79 Å². The molecule has 2 heteroatoms. The molecule has 104 valence electrons. The highest BCUT2D eigenvalue weighted by atomic mass is 16.1. The van der Waals surface area contributed by atoms with E-state index in [0.717, 1.165) is 23.1 Å². The minimum absolute atomic E-state index is 0.0175. The predicted molar refractivity (Wildman–Crippen MR) is 81.2 cm³/mol. The van der Waals surface area contributed by atoms with Gasteiger partial charge in [-0.25, -0.2) is 0 Å². The molecule has 1 atom stereocenters. The molecule has 0 radical (unpaired) electrons. The largest absolute Gasteiger partial charge is 0.352 e. The van der Waals surface area contributed by atoms with Gasteiger partial charge >= 0.3 is 0 Å². The van der Waals surface area contributed by atoms with Crippen molar-refractivity contribution in [1.82, 2.24) is 5.32 Å². The second-order valence-electron chi connectivity index (χ2n) is 6.05. The fourth-order valence-electron chi connectivity index (χ4n) is 2.28. The van der Waals surface area contributed by atoms with Crippen molar-refractivity contribution in [1.29, 1.82) is 0 Å². The summed E-state index contributed by atoms with van der Waals surface area (Å²) in [5.74, 6) is 0.408. The van der Waals surface area contributed by atoms with Crippen LogP contribution in [0.3, 0.4) is 0 Å². The van der Waals surface area contributed by atoms with E-state index in [2.05, 4.69) is 33.0 Å². The molecule has 19 heavy (non-hydrogen) atoms. The van der Waals surface area contributed by atoms with Gasteiger partial charge in [0, 0.05) is 18.0 Å². The molecule has 0 heterocycles. The van der Waals surface area contributed by atoms with E-state index in [4.69, 9.17) is 0 Å². The monoisotopic (exact) mass is 260 g/mol. The summed E-state index contributed by atoms with van der Waals surface area (Å²) in [5.41, 5.74) is 2.96. The van der Waals surface area contributed by atoms with Crippen LogP contribution in [0.2, 0.25) is 0 Å². The summed E-state index contributed by atoms with van der Waals surface area (Å²) in [4.78, 5) is 12.2. The van der Waals surface area contributed by atoms with Crippen molar-refractivity contribution in [3.05, 3.63) is 41.8 Å². The normalized spacial score (nSPS) is 13.1. The van der Waals surface area contributed by atoms with Crippen molar-refractivity contribution in [2.24, 2.45) is 11.3 Å². The highest BCUT2D eigenvalue weighted by Gasteiger charge is 2.30. The van der Waals surface area contributed by atoms with Crippen molar-refractivity contribution < 1.29 is 4.79 Å². The van der Waals surface area contributed by atoms with Gasteiger partial charge in [-0.2, -0.15) is 0 Å². The van der Waals surface area contributed by atoms with Crippen LogP contribution in [0.15, 0.2) is 18.2 Å². The molecule has 1 unspecified atom stereocenters. The minimum atomic E-state index is -0.0241. The average Bonchev–Trinajstić information content (AvgIpc) is 2.31. The molecular weight excluding hydrogens is 234 g/mol. The smallest absolute Gasteiger partial charge is 0.251 e. The van der Waals surface area contributed by atoms with Gasteiger partial charge in [0.15, 0.2) is 0 Å². The second kappa shape index (κ2) is 6.14. The van der Waals surface area contributed by atoms with Crippen LogP contribution in [0, 0.1) is 32.1 Å². The molecule has 0 aromatic heterocycles. The van der Waals surface area contributed by atoms with Gasteiger partial charge in [-0.05, 0) is 51.3 Å². The standard InChI is InChI=1S/C17H25NO/c1-7-14(17(4,5)6)11-18-16(19)15-10-8-9-12(2)13(15)3/h8-10,14H,4,7,11H2,1-3,5-6H3/p+1. The summed E-state index contributed by atoms with van der Waals surface area (Å²) in [6.07, 6.45) is 1.02. The predicted octanol–water partition coefficient (Wildman–Crippen LogP) is 3.92. The molecule has 0 saturated carbocycles. The number of aryl methyl sites for hydroxylation is 1. The van der Waals surface area contributed by atoms with Crippen LogP contribution in [0.4, 0.5) is 0 Å². The molecule has 0 aliphatic rings. The Morgan fingerprint density at radius 2 is 2.00 bits per heavy atom. The highest BCUT2D eigenvalue weighted by molar-refractivity contribution is 5.95. The van der Waals surface area contributed by atoms with E-state index < -0.39 is 0 Å². The molecule has 0 fully saturated rings. The van der Waals surface area contributed by atoms with Crippen LogP contribution in [0.1, 0.15) is 48.7 Å². The highest BCUT2D eigenvalue weighted by Crippen LogP contribution is 2.27. The molecule has 0 aliphatic heterocycles. The van der Waals surface area contributed by atoms with Crippen molar-refractivity contribution in [2.45, 2.75) is 41.0 Å². The van der Waals surface area contributed by atoms with Gasteiger partial charge in [0.2, 0.25) is 0 Å². The van der Waals surface area contributed by atoms with E-state index >= 15 is 0 Å². The maximum absolute atomic E-state index is 12.2. The molecule has 0 aliphatic carbocycles. The number of carbonyl (C=O) groups excluding carboxylic acids is 1. The fourth-order valence-corrected chi connectivity index (χ4v) is 2.28. The minimum Gasteiger partial charge on any atom is -0.352 e.